The van der Waals surface area contributed by atoms with E-state index in [4.69, 9.17) is 9.47 Å². The molecule has 24 heavy (non-hydrogen) atoms. The minimum absolute atomic E-state index is 0.0253. The first-order chi connectivity index (χ1) is 11.2. The molecule has 1 aromatic carbocycles. The van der Waals surface area contributed by atoms with Gasteiger partial charge in [-0.1, -0.05) is 0 Å². The average molecular weight is 394 g/mol. The molecule has 2 heterocycles. The van der Waals surface area contributed by atoms with Crippen LogP contribution in [0.1, 0.15) is 39.1 Å². The van der Waals surface area contributed by atoms with Crippen molar-refractivity contribution in [3.8, 4) is 0 Å². The van der Waals surface area contributed by atoms with Gasteiger partial charge in [0.05, 0.1) is 0 Å². The predicted molar refractivity (Wildman–Crippen MR) is 96.5 cm³/mol. The molecule has 0 aliphatic carbocycles. The number of benzene rings is 1. The van der Waals surface area contributed by atoms with Crippen LogP contribution >= 0.6 is 0 Å². The van der Waals surface area contributed by atoms with Gasteiger partial charge >= 0.3 is 149 Å². The van der Waals surface area contributed by atoms with Crippen molar-refractivity contribution in [3.63, 3.8) is 0 Å². The third-order valence-corrected chi connectivity index (χ3v) is 6.47. The molecule has 1 atom stereocenters. The maximum absolute atomic E-state index is 12.7. The summed E-state index contributed by atoms with van der Waals surface area (Å²) in [5.41, 5.74) is -1.14. The van der Waals surface area contributed by atoms with E-state index in [-0.39, 0.29) is 12.1 Å². The van der Waals surface area contributed by atoms with Crippen molar-refractivity contribution in [3.05, 3.63) is 34.8 Å². The molecule has 3 rings (SSSR count). The second kappa shape index (κ2) is 6.21. The van der Waals surface area contributed by atoms with Gasteiger partial charge in [-0.2, -0.15) is 0 Å². The molecule has 130 valence electrons. The van der Waals surface area contributed by atoms with Gasteiger partial charge in [-0.05, 0) is 0 Å². The van der Waals surface area contributed by atoms with Gasteiger partial charge in [-0.25, -0.2) is 0 Å². The summed E-state index contributed by atoms with van der Waals surface area (Å²) < 4.78 is 14.3. The summed E-state index contributed by atoms with van der Waals surface area (Å²) >= 11 is 0.336. The summed E-state index contributed by atoms with van der Waals surface area (Å²) in [5, 5.41) is 1.31. The molecule has 1 amide bonds. The maximum atomic E-state index is 12.7. The third-order valence-electron chi connectivity index (χ3n) is 4.08. The van der Waals surface area contributed by atoms with Crippen LogP contribution in [0, 0.1) is 0 Å². The molecule has 0 spiro atoms. The topological polar surface area (TPSA) is 38.8 Å². The average Bonchev–Trinajstić information content (AvgIpc) is 2.97. The van der Waals surface area contributed by atoms with E-state index in [0.29, 0.717) is 21.1 Å². The van der Waals surface area contributed by atoms with Crippen LogP contribution < -0.4 is 0 Å². The van der Waals surface area contributed by atoms with E-state index in [1.807, 2.05) is 34.6 Å². The molecule has 0 unspecified atom stereocenters. The number of ether oxygens (including phenoxy) is 2. The van der Waals surface area contributed by atoms with Gasteiger partial charge in [0.2, 0.25) is 0 Å². The minimum atomic E-state index is -0.633. The molecule has 0 radical (unpaired) electrons. The summed E-state index contributed by atoms with van der Waals surface area (Å²) in [6, 6.07) is 10.8. The number of nitrogens with zero attached hydrogens (tertiary/aromatic N) is 1. The molecule has 1 aromatic heterocycles. The van der Waals surface area contributed by atoms with Crippen LogP contribution in [0.2, 0.25) is 0 Å². The van der Waals surface area contributed by atoms with Gasteiger partial charge < -0.3 is 0 Å². The van der Waals surface area contributed by atoms with E-state index < -0.39 is 11.3 Å². The van der Waals surface area contributed by atoms with Crippen LogP contribution in [0.3, 0.4) is 0 Å². The van der Waals surface area contributed by atoms with Crippen molar-refractivity contribution < 1.29 is 14.3 Å². The van der Waals surface area contributed by atoms with Crippen LogP contribution in [0.5, 0.6) is 0 Å². The summed E-state index contributed by atoms with van der Waals surface area (Å²) in [6.45, 7) is 10.1. The fourth-order valence-electron chi connectivity index (χ4n) is 3.08. The molecular formula is C19H25NO3Se. The quantitative estimate of drug-likeness (QED) is 0.728. The van der Waals surface area contributed by atoms with Crippen molar-refractivity contribution in [2.75, 3.05) is 6.61 Å². The Kier molecular flexibility index (Phi) is 4.54. The number of rotatable bonds is 2. The van der Waals surface area contributed by atoms with Crippen molar-refractivity contribution >= 4 is 30.2 Å². The number of fused-ring (bicyclic) bond motifs is 1. The first-order valence-corrected chi connectivity index (χ1v) is 10.0. The number of hydrogen-bond acceptors (Lipinski definition) is 3. The van der Waals surface area contributed by atoms with Gasteiger partial charge in [0.1, 0.15) is 0 Å². The van der Waals surface area contributed by atoms with E-state index in [1.165, 1.54) is 14.1 Å². The van der Waals surface area contributed by atoms with E-state index in [2.05, 4.69) is 30.3 Å². The molecule has 1 saturated heterocycles. The van der Waals surface area contributed by atoms with E-state index in [0.717, 1.165) is 6.42 Å². The number of carbonyl (C=O) groups excluding carboxylic acids is 1. The zero-order chi connectivity index (χ0) is 17.5. The van der Waals surface area contributed by atoms with E-state index in [1.54, 1.807) is 4.90 Å². The molecule has 1 aliphatic rings. The van der Waals surface area contributed by atoms with Crippen LogP contribution in [-0.4, -0.2) is 49.5 Å². The Bertz CT molecular complexity index is 711. The molecule has 1 fully saturated rings. The zero-order valence-electron chi connectivity index (χ0n) is 15.0. The summed E-state index contributed by atoms with van der Waals surface area (Å²) in [7, 11) is 0. The van der Waals surface area contributed by atoms with Crippen LogP contribution in [-0.2, 0) is 15.9 Å². The molecule has 0 bridgehead atoms. The van der Waals surface area contributed by atoms with Crippen LogP contribution in [0.15, 0.2) is 30.3 Å². The summed E-state index contributed by atoms with van der Waals surface area (Å²) in [5.74, 6) is 0. The van der Waals surface area contributed by atoms with Gasteiger partial charge in [0, 0.05) is 0 Å². The van der Waals surface area contributed by atoms with Gasteiger partial charge in [0.15, 0.2) is 0 Å². The molecule has 0 saturated carbocycles. The molecule has 2 aromatic rings. The SMILES string of the molecule is CC(C)(C)OC(=O)N1[C@@H](Cc2cc3ccccc3[se]2)COC1(C)C. The fraction of sp³-hybridized carbons (Fsp3) is 0.526. The Morgan fingerprint density at radius 1 is 1.38 bits per heavy atom. The fourth-order valence-corrected chi connectivity index (χ4v) is 5.47. The molecule has 0 N–H and O–H groups in total. The number of amides is 1. The Morgan fingerprint density at radius 2 is 2.08 bits per heavy atom. The molecule has 5 heteroatoms. The van der Waals surface area contributed by atoms with Crippen molar-refractivity contribution in [2.24, 2.45) is 0 Å². The van der Waals surface area contributed by atoms with E-state index >= 15 is 0 Å². The van der Waals surface area contributed by atoms with Crippen molar-refractivity contribution in [1.82, 2.24) is 4.90 Å². The summed E-state index contributed by atoms with van der Waals surface area (Å²) in [4.78, 5) is 14.5. The Morgan fingerprint density at radius 3 is 2.75 bits per heavy atom. The first-order valence-electron chi connectivity index (χ1n) is 8.29. The zero-order valence-corrected chi connectivity index (χ0v) is 16.7. The van der Waals surface area contributed by atoms with E-state index in [9.17, 15) is 4.79 Å². The Labute approximate surface area is 149 Å². The first kappa shape index (κ1) is 17.5. The van der Waals surface area contributed by atoms with Gasteiger partial charge in [-0.3, -0.25) is 0 Å². The van der Waals surface area contributed by atoms with Crippen LogP contribution in [0.25, 0.3) is 9.65 Å². The molecule has 1 aliphatic heterocycles. The third kappa shape index (κ3) is 3.69. The van der Waals surface area contributed by atoms with Crippen molar-refractivity contribution in [1.29, 1.82) is 0 Å². The van der Waals surface area contributed by atoms with Gasteiger partial charge in [0.25, 0.3) is 0 Å². The molecular weight excluding hydrogens is 369 g/mol. The Balaban J connectivity index is 1.81. The van der Waals surface area contributed by atoms with Crippen LogP contribution in [0.4, 0.5) is 4.79 Å². The second-order valence-corrected chi connectivity index (χ2v) is 10.2. The normalized spacial score (nSPS) is 20.5. The van der Waals surface area contributed by atoms with Gasteiger partial charge in [-0.15, -0.1) is 0 Å². The van der Waals surface area contributed by atoms with Crippen molar-refractivity contribution in [2.45, 2.75) is 58.4 Å². The summed E-state index contributed by atoms with van der Waals surface area (Å²) in [6.07, 6.45) is 0.552. The predicted octanol–water partition coefficient (Wildman–Crippen LogP) is 3.81. The number of hydrogen-bond donors (Lipinski definition) is 0. The molecule has 4 nitrogen and oxygen atoms in total. The second-order valence-electron chi connectivity index (χ2n) is 7.72. The number of carbonyl (C=O) groups is 1. The standard InChI is InChI=1S/C19H25NO3Se/c1-18(2,3)23-17(21)20-14(12-22-19(20,4)5)11-15-10-13-8-6-7-9-16(13)24-15/h6-10,14H,11-12H2,1-5H3/t14-/m0/s1. The monoisotopic (exact) mass is 395 g/mol. The Hall–Kier alpha value is -1.29.